The zero-order valence-electron chi connectivity index (χ0n) is 17.4. The van der Waals surface area contributed by atoms with Crippen LogP contribution in [0, 0.1) is 5.92 Å². The Morgan fingerprint density at radius 1 is 1.00 bits per heavy atom. The van der Waals surface area contributed by atoms with Crippen molar-refractivity contribution >= 4 is 11.8 Å². The number of hydrogen-bond acceptors (Lipinski definition) is 4. The van der Waals surface area contributed by atoms with Crippen LogP contribution in [0.3, 0.4) is 0 Å². The summed E-state index contributed by atoms with van der Waals surface area (Å²) < 4.78 is 5.26. The number of Topliss-reactive ketones (excluding diaryl/α,β-unsaturated/α-hetero) is 1. The molecule has 2 aromatic carbocycles. The third kappa shape index (κ3) is 4.76. The van der Waals surface area contributed by atoms with Crippen LogP contribution in [-0.2, 0) is 32.6 Å². The quantitative estimate of drug-likeness (QED) is 0.346. The van der Waals surface area contributed by atoms with Crippen molar-refractivity contribution in [3.8, 4) is 0 Å². The molecule has 0 bridgehead atoms. The number of ketones is 1. The highest BCUT2D eigenvalue weighted by atomic mass is 16.6. The van der Waals surface area contributed by atoms with Gasteiger partial charge in [-0.05, 0) is 28.5 Å². The molecule has 2 unspecified atom stereocenters. The second-order valence-corrected chi connectivity index (χ2v) is 8.76. The number of cyclic esters (lactones) is 1. The summed E-state index contributed by atoms with van der Waals surface area (Å²) in [4.78, 5) is 25.0. The lowest BCUT2D eigenvalue weighted by Gasteiger charge is -2.19. The maximum Gasteiger partial charge on any atom is 0.346 e. The molecule has 29 heavy (non-hydrogen) atoms. The molecule has 1 heterocycles. The Hall–Kier alpha value is -2.88. The molecule has 1 aliphatic heterocycles. The number of rotatable bonds is 5. The summed E-state index contributed by atoms with van der Waals surface area (Å²) in [6.07, 6.45) is -0.0329. The molecular formula is C25H28O4. The third-order valence-electron chi connectivity index (χ3n) is 5.34. The summed E-state index contributed by atoms with van der Waals surface area (Å²) in [5.74, 6) is -1.72. The molecule has 3 rings (SSSR count). The van der Waals surface area contributed by atoms with Crippen LogP contribution in [-0.4, -0.2) is 23.0 Å². The minimum absolute atomic E-state index is 0.0715. The van der Waals surface area contributed by atoms with Crippen molar-refractivity contribution in [2.45, 2.75) is 52.1 Å². The van der Waals surface area contributed by atoms with Gasteiger partial charge >= 0.3 is 5.97 Å². The van der Waals surface area contributed by atoms with E-state index in [0.717, 1.165) is 11.1 Å². The Labute approximate surface area is 172 Å². The van der Waals surface area contributed by atoms with Gasteiger partial charge in [0.1, 0.15) is 11.3 Å². The SMILES string of the molecule is CC(Cc1ccc(C(C)(C)C)cc1)/C(O)=C1\C(=O)OC(Cc2ccccc2)C1=O. The molecule has 0 spiro atoms. The summed E-state index contributed by atoms with van der Waals surface area (Å²) in [7, 11) is 0. The van der Waals surface area contributed by atoms with E-state index in [9.17, 15) is 14.7 Å². The van der Waals surface area contributed by atoms with Crippen molar-refractivity contribution in [2.75, 3.05) is 0 Å². The Kier molecular flexibility index (Phi) is 5.92. The minimum Gasteiger partial charge on any atom is -0.511 e. The number of carbonyl (C=O) groups excluding carboxylic acids is 2. The van der Waals surface area contributed by atoms with E-state index in [1.807, 2.05) is 49.4 Å². The van der Waals surface area contributed by atoms with Crippen LogP contribution in [0.2, 0.25) is 0 Å². The van der Waals surface area contributed by atoms with E-state index in [1.165, 1.54) is 5.56 Å². The number of esters is 1. The maximum atomic E-state index is 12.7. The van der Waals surface area contributed by atoms with Crippen molar-refractivity contribution in [1.29, 1.82) is 0 Å². The zero-order chi connectivity index (χ0) is 21.2. The fourth-order valence-electron chi connectivity index (χ4n) is 3.53. The molecule has 1 fully saturated rings. The molecule has 4 nitrogen and oxygen atoms in total. The second kappa shape index (κ2) is 8.24. The summed E-state index contributed by atoms with van der Waals surface area (Å²) >= 11 is 0. The van der Waals surface area contributed by atoms with Gasteiger partial charge in [-0.1, -0.05) is 82.3 Å². The van der Waals surface area contributed by atoms with Gasteiger partial charge in [0.2, 0.25) is 5.78 Å². The average Bonchev–Trinajstić information content (AvgIpc) is 2.95. The van der Waals surface area contributed by atoms with E-state index in [4.69, 9.17) is 4.74 Å². The first-order valence-corrected chi connectivity index (χ1v) is 9.98. The van der Waals surface area contributed by atoms with Crippen molar-refractivity contribution in [1.82, 2.24) is 0 Å². The average molecular weight is 392 g/mol. The predicted octanol–water partition coefficient (Wildman–Crippen LogP) is 4.71. The van der Waals surface area contributed by atoms with E-state index >= 15 is 0 Å². The molecule has 1 saturated heterocycles. The maximum absolute atomic E-state index is 12.7. The molecule has 0 aromatic heterocycles. The number of allylic oxidation sites excluding steroid dienone is 1. The van der Waals surface area contributed by atoms with E-state index < -0.39 is 17.9 Å². The topological polar surface area (TPSA) is 63.6 Å². The normalized spacial score (nSPS) is 19.8. The van der Waals surface area contributed by atoms with Crippen LogP contribution in [0.15, 0.2) is 65.9 Å². The summed E-state index contributed by atoms with van der Waals surface area (Å²) in [5.41, 5.74) is 3.05. The van der Waals surface area contributed by atoms with Gasteiger partial charge in [-0.15, -0.1) is 0 Å². The second-order valence-electron chi connectivity index (χ2n) is 8.76. The number of ether oxygens (including phenoxy) is 1. The molecule has 0 radical (unpaired) electrons. The lowest BCUT2D eigenvalue weighted by atomic mass is 9.86. The lowest BCUT2D eigenvalue weighted by molar-refractivity contribution is -0.140. The van der Waals surface area contributed by atoms with Crippen LogP contribution in [0.5, 0.6) is 0 Å². The van der Waals surface area contributed by atoms with Gasteiger partial charge in [0, 0.05) is 12.3 Å². The number of aliphatic hydroxyl groups excluding tert-OH is 1. The highest BCUT2D eigenvalue weighted by molar-refractivity contribution is 6.23. The van der Waals surface area contributed by atoms with Crippen LogP contribution in [0.4, 0.5) is 0 Å². The zero-order valence-corrected chi connectivity index (χ0v) is 17.4. The van der Waals surface area contributed by atoms with Crippen LogP contribution >= 0.6 is 0 Å². The van der Waals surface area contributed by atoms with Crippen LogP contribution in [0.25, 0.3) is 0 Å². The first kappa shape index (κ1) is 20.8. The molecule has 152 valence electrons. The number of carbonyl (C=O) groups is 2. The van der Waals surface area contributed by atoms with Crippen LogP contribution in [0.1, 0.15) is 44.4 Å². The molecule has 1 N–H and O–H groups in total. The van der Waals surface area contributed by atoms with E-state index in [1.54, 1.807) is 0 Å². The molecule has 2 atom stereocenters. The van der Waals surface area contributed by atoms with Gasteiger partial charge in [-0.2, -0.15) is 0 Å². The first-order valence-electron chi connectivity index (χ1n) is 9.98. The Morgan fingerprint density at radius 2 is 1.62 bits per heavy atom. The molecule has 2 aromatic rings. The van der Waals surface area contributed by atoms with Crippen molar-refractivity contribution in [2.24, 2.45) is 5.92 Å². The third-order valence-corrected chi connectivity index (χ3v) is 5.34. The standard InChI is InChI=1S/C25H28O4/c1-16(14-18-10-12-19(13-11-18)25(2,3)4)22(26)21-23(27)20(29-24(21)28)15-17-8-6-5-7-9-17/h5-13,16,20,26H,14-15H2,1-4H3/b22-21+. The number of benzene rings is 2. The highest BCUT2D eigenvalue weighted by Crippen LogP contribution is 2.28. The fraction of sp³-hybridized carbons (Fsp3) is 0.360. The summed E-state index contributed by atoms with van der Waals surface area (Å²) in [6.45, 7) is 8.28. The van der Waals surface area contributed by atoms with Crippen molar-refractivity contribution < 1.29 is 19.4 Å². The van der Waals surface area contributed by atoms with Crippen molar-refractivity contribution in [3.05, 3.63) is 82.6 Å². The van der Waals surface area contributed by atoms with Gasteiger partial charge < -0.3 is 9.84 Å². The first-order chi connectivity index (χ1) is 13.7. The number of hydrogen-bond donors (Lipinski definition) is 1. The Bertz CT molecular complexity index is 918. The summed E-state index contributed by atoms with van der Waals surface area (Å²) in [5, 5.41) is 10.6. The van der Waals surface area contributed by atoms with Gasteiger partial charge in [0.15, 0.2) is 6.10 Å². The largest absolute Gasteiger partial charge is 0.511 e. The van der Waals surface area contributed by atoms with Gasteiger partial charge in [-0.3, -0.25) is 4.79 Å². The Morgan fingerprint density at radius 3 is 2.21 bits per heavy atom. The van der Waals surface area contributed by atoms with Gasteiger partial charge in [0.05, 0.1) is 0 Å². The molecule has 0 amide bonds. The Balaban J connectivity index is 1.74. The fourth-order valence-corrected chi connectivity index (χ4v) is 3.53. The van der Waals surface area contributed by atoms with Gasteiger partial charge in [-0.25, -0.2) is 4.79 Å². The predicted molar refractivity (Wildman–Crippen MR) is 113 cm³/mol. The highest BCUT2D eigenvalue weighted by Gasteiger charge is 2.41. The minimum atomic E-state index is -0.875. The molecule has 4 heteroatoms. The van der Waals surface area contributed by atoms with Gasteiger partial charge in [0.25, 0.3) is 0 Å². The molecule has 1 aliphatic rings. The van der Waals surface area contributed by atoms with Crippen molar-refractivity contribution in [3.63, 3.8) is 0 Å². The van der Waals surface area contributed by atoms with E-state index in [-0.39, 0.29) is 22.7 Å². The molecular weight excluding hydrogens is 364 g/mol. The van der Waals surface area contributed by atoms with Crippen LogP contribution < -0.4 is 0 Å². The molecule has 0 saturated carbocycles. The van der Waals surface area contributed by atoms with E-state index in [0.29, 0.717) is 12.8 Å². The van der Waals surface area contributed by atoms with E-state index in [2.05, 4.69) is 32.9 Å². The smallest absolute Gasteiger partial charge is 0.346 e. The monoisotopic (exact) mass is 392 g/mol. The lowest BCUT2D eigenvalue weighted by Crippen LogP contribution is -2.20. The number of aliphatic hydroxyl groups is 1. The molecule has 0 aliphatic carbocycles. The summed E-state index contributed by atoms with van der Waals surface area (Å²) in [6, 6.07) is 17.6.